The molecule has 29 heavy (non-hydrogen) atoms. The summed E-state index contributed by atoms with van der Waals surface area (Å²) < 4.78 is 1.79. The zero-order chi connectivity index (χ0) is 20.8. The quantitative estimate of drug-likeness (QED) is 0.626. The summed E-state index contributed by atoms with van der Waals surface area (Å²) in [4.78, 5) is 34.3. The number of aliphatic hydroxyl groups is 1. The molecule has 0 aliphatic carbocycles. The van der Waals surface area contributed by atoms with Crippen LogP contribution in [0.4, 0.5) is 0 Å². The van der Waals surface area contributed by atoms with Crippen molar-refractivity contribution >= 4 is 22.8 Å². The Kier molecular flexibility index (Phi) is 4.32. The van der Waals surface area contributed by atoms with Gasteiger partial charge in [0.25, 0.3) is 11.8 Å². The van der Waals surface area contributed by atoms with Crippen molar-refractivity contribution in [2.75, 3.05) is 13.6 Å². The average Bonchev–Trinajstić information content (AvgIpc) is 3.21. The largest absolute Gasteiger partial charge is 0.369 e. The number of aryl methyl sites for hydroxylation is 1. The van der Waals surface area contributed by atoms with Gasteiger partial charge in [-0.1, -0.05) is 24.0 Å². The summed E-state index contributed by atoms with van der Waals surface area (Å²) in [7, 11) is 3.46. The van der Waals surface area contributed by atoms with Crippen LogP contribution in [-0.2, 0) is 11.8 Å². The van der Waals surface area contributed by atoms with Crippen molar-refractivity contribution in [3.8, 4) is 23.2 Å². The molecule has 8 heteroatoms. The number of likely N-dealkylation sites (N-methyl/N-ethyl adjacent to an activating group) is 1. The minimum Gasteiger partial charge on any atom is -0.369 e. The van der Waals surface area contributed by atoms with Crippen LogP contribution < -0.4 is 5.73 Å². The first kappa shape index (κ1) is 18.7. The van der Waals surface area contributed by atoms with Crippen LogP contribution in [0.25, 0.3) is 22.4 Å². The highest BCUT2D eigenvalue weighted by molar-refractivity contribution is 6.03. The van der Waals surface area contributed by atoms with E-state index in [9.17, 15) is 14.7 Å². The molecule has 0 saturated carbocycles. The molecule has 1 aliphatic heterocycles. The minimum atomic E-state index is -1.66. The lowest BCUT2D eigenvalue weighted by Crippen LogP contribution is -2.37. The second kappa shape index (κ2) is 6.72. The zero-order valence-electron chi connectivity index (χ0n) is 16.0. The Bertz CT molecular complexity index is 1220. The van der Waals surface area contributed by atoms with Gasteiger partial charge in [-0.15, -0.1) is 0 Å². The number of nitrogens with zero attached hydrogens (tertiary/aromatic N) is 4. The number of hydrogen-bond donors (Lipinski definition) is 2. The first-order chi connectivity index (χ1) is 13.8. The summed E-state index contributed by atoms with van der Waals surface area (Å²) in [6, 6.07) is 8.82. The summed E-state index contributed by atoms with van der Waals surface area (Å²) >= 11 is 0. The van der Waals surface area contributed by atoms with Crippen LogP contribution >= 0.6 is 0 Å². The van der Waals surface area contributed by atoms with E-state index in [-0.39, 0.29) is 12.1 Å². The SMILES string of the molecule is CN1CCC(O)(C#Cc2cccc(-c3nc(C(N)=O)c4ccn(C)c4n3)c2)C1=O. The van der Waals surface area contributed by atoms with Crippen molar-refractivity contribution in [2.24, 2.45) is 12.8 Å². The lowest BCUT2D eigenvalue weighted by atomic mass is 10.0. The van der Waals surface area contributed by atoms with Gasteiger partial charge < -0.3 is 20.3 Å². The van der Waals surface area contributed by atoms with Gasteiger partial charge >= 0.3 is 0 Å². The number of hydrogen-bond acceptors (Lipinski definition) is 5. The summed E-state index contributed by atoms with van der Waals surface area (Å²) in [5.74, 6) is 4.87. The number of rotatable bonds is 2. The number of nitrogens with two attached hydrogens (primary N) is 1. The molecular formula is C21H19N5O3. The molecular weight excluding hydrogens is 370 g/mol. The number of aromatic nitrogens is 3. The monoisotopic (exact) mass is 389 g/mol. The van der Waals surface area contributed by atoms with Gasteiger partial charge in [-0.05, 0) is 18.2 Å². The van der Waals surface area contributed by atoms with E-state index in [0.29, 0.717) is 34.5 Å². The maximum absolute atomic E-state index is 12.1. The third-order valence-corrected chi connectivity index (χ3v) is 5.00. The molecule has 0 radical (unpaired) electrons. The Balaban J connectivity index is 1.76. The highest BCUT2D eigenvalue weighted by atomic mass is 16.3. The van der Waals surface area contributed by atoms with Gasteiger partial charge in [0.1, 0.15) is 11.3 Å². The van der Waals surface area contributed by atoms with Crippen molar-refractivity contribution in [3.05, 3.63) is 47.8 Å². The van der Waals surface area contributed by atoms with E-state index in [2.05, 4.69) is 21.8 Å². The second-order valence-electron chi connectivity index (χ2n) is 7.09. The van der Waals surface area contributed by atoms with Gasteiger partial charge in [0.05, 0.1) is 5.39 Å². The Morgan fingerprint density at radius 2 is 2.07 bits per heavy atom. The van der Waals surface area contributed by atoms with Crippen LogP contribution in [0, 0.1) is 11.8 Å². The number of carbonyl (C=O) groups is 2. The lowest BCUT2D eigenvalue weighted by Gasteiger charge is -2.13. The van der Waals surface area contributed by atoms with Gasteiger partial charge in [-0.2, -0.15) is 0 Å². The van der Waals surface area contributed by atoms with E-state index in [1.54, 1.807) is 48.1 Å². The maximum atomic E-state index is 12.1. The van der Waals surface area contributed by atoms with Crippen LogP contribution in [-0.4, -0.2) is 55.5 Å². The van der Waals surface area contributed by atoms with E-state index in [4.69, 9.17) is 5.73 Å². The Hall–Kier alpha value is -3.70. The van der Waals surface area contributed by atoms with Crippen LogP contribution in [0.1, 0.15) is 22.5 Å². The predicted octanol–water partition coefficient (Wildman–Crippen LogP) is 0.679. The van der Waals surface area contributed by atoms with Gasteiger partial charge in [-0.3, -0.25) is 9.59 Å². The van der Waals surface area contributed by atoms with Crippen LogP contribution in [0.5, 0.6) is 0 Å². The van der Waals surface area contributed by atoms with Gasteiger partial charge in [0.15, 0.2) is 5.82 Å². The predicted molar refractivity (Wildman–Crippen MR) is 107 cm³/mol. The van der Waals surface area contributed by atoms with Gasteiger partial charge in [0.2, 0.25) is 5.60 Å². The lowest BCUT2D eigenvalue weighted by molar-refractivity contribution is -0.137. The van der Waals surface area contributed by atoms with E-state index in [1.807, 2.05) is 7.05 Å². The smallest absolute Gasteiger partial charge is 0.268 e. The van der Waals surface area contributed by atoms with Crippen molar-refractivity contribution in [1.82, 2.24) is 19.4 Å². The first-order valence-electron chi connectivity index (χ1n) is 9.03. The van der Waals surface area contributed by atoms with Crippen LogP contribution in [0.2, 0.25) is 0 Å². The summed E-state index contributed by atoms with van der Waals surface area (Å²) in [6.45, 7) is 0.463. The first-order valence-corrected chi connectivity index (χ1v) is 9.03. The van der Waals surface area contributed by atoms with Crippen molar-refractivity contribution in [3.63, 3.8) is 0 Å². The zero-order valence-corrected chi connectivity index (χ0v) is 16.0. The number of primary amides is 1. The molecule has 0 bridgehead atoms. The molecule has 3 heterocycles. The molecule has 1 unspecified atom stereocenters. The molecule has 1 atom stereocenters. The fourth-order valence-corrected chi connectivity index (χ4v) is 3.34. The van der Waals surface area contributed by atoms with Crippen molar-refractivity contribution < 1.29 is 14.7 Å². The highest BCUT2D eigenvalue weighted by Crippen LogP contribution is 2.24. The normalized spacial score (nSPS) is 18.7. The number of fused-ring (bicyclic) bond motifs is 1. The molecule has 146 valence electrons. The number of likely N-dealkylation sites (tertiary alicyclic amines) is 1. The fraction of sp³-hybridized carbons (Fsp3) is 0.238. The molecule has 1 aliphatic rings. The third-order valence-electron chi connectivity index (χ3n) is 5.00. The molecule has 3 aromatic rings. The number of benzene rings is 1. The van der Waals surface area contributed by atoms with Gasteiger partial charge in [-0.25, -0.2) is 9.97 Å². The van der Waals surface area contributed by atoms with Gasteiger partial charge in [0, 0.05) is 44.4 Å². The fourth-order valence-electron chi connectivity index (χ4n) is 3.34. The topological polar surface area (TPSA) is 114 Å². The summed E-state index contributed by atoms with van der Waals surface area (Å²) in [5.41, 5.74) is 5.81. The summed E-state index contributed by atoms with van der Waals surface area (Å²) in [5, 5.41) is 11.0. The Morgan fingerprint density at radius 1 is 1.28 bits per heavy atom. The number of carbonyl (C=O) groups excluding carboxylic acids is 2. The molecule has 3 N–H and O–H groups in total. The molecule has 2 amide bonds. The molecule has 4 rings (SSSR count). The maximum Gasteiger partial charge on any atom is 0.268 e. The van der Waals surface area contributed by atoms with Crippen LogP contribution in [0.15, 0.2) is 36.5 Å². The minimum absolute atomic E-state index is 0.149. The third kappa shape index (κ3) is 3.22. The Labute approximate surface area is 167 Å². The number of amides is 2. The molecule has 1 aromatic carbocycles. The van der Waals surface area contributed by atoms with E-state index < -0.39 is 17.4 Å². The molecule has 1 fully saturated rings. The van der Waals surface area contributed by atoms with E-state index in [0.717, 1.165) is 0 Å². The molecule has 8 nitrogen and oxygen atoms in total. The van der Waals surface area contributed by atoms with Crippen LogP contribution in [0.3, 0.4) is 0 Å². The van der Waals surface area contributed by atoms with Crippen molar-refractivity contribution in [1.29, 1.82) is 0 Å². The van der Waals surface area contributed by atoms with E-state index in [1.165, 1.54) is 4.90 Å². The van der Waals surface area contributed by atoms with E-state index >= 15 is 0 Å². The highest BCUT2D eigenvalue weighted by Gasteiger charge is 2.42. The summed E-state index contributed by atoms with van der Waals surface area (Å²) in [6.07, 6.45) is 2.05. The van der Waals surface area contributed by atoms with Crippen molar-refractivity contribution in [2.45, 2.75) is 12.0 Å². The Morgan fingerprint density at radius 3 is 2.76 bits per heavy atom. The standard InChI is InChI=1S/C21H19N5O3/c1-25-10-7-15-16(17(22)27)23-18(24-19(15)25)14-5-3-4-13(12-14)6-8-21(29)9-11-26(2)20(21)28/h3-5,7,10,12,29H,9,11H2,1-2H3,(H2,22,27). The molecule has 0 spiro atoms. The average molecular weight is 389 g/mol. The molecule has 2 aromatic heterocycles. The second-order valence-corrected chi connectivity index (χ2v) is 7.09. The molecule has 1 saturated heterocycles.